The maximum atomic E-state index is 13.0. The zero-order valence-corrected chi connectivity index (χ0v) is 20.2. The summed E-state index contributed by atoms with van der Waals surface area (Å²) in [6.45, 7) is 3.87. The summed E-state index contributed by atoms with van der Waals surface area (Å²) < 4.78 is 1.88. The third-order valence-corrected chi connectivity index (χ3v) is 5.24. The van der Waals surface area contributed by atoms with Crippen molar-refractivity contribution in [2.24, 2.45) is 5.92 Å². The Morgan fingerprint density at radius 1 is 1.14 bits per heavy atom. The molecule has 0 aliphatic carbocycles. The predicted molar refractivity (Wildman–Crippen MR) is 134 cm³/mol. The molecule has 0 saturated carbocycles. The Bertz CT molecular complexity index is 1010. The van der Waals surface area contributed by atoms with Crippen molar-refractivity contribution < 1.29 is 24.7 Å². The molecule has 0 aliphatic heterocycles. The number of nitro groups is 1. The van der Waals surface area contributed by atoms with Crippen molar-refractivity contribution in [3.05, 3.63) is 64.5 Å². The van der Waals surface area contributed by atoms with E-state index in [4.69, 9.17) is 5.41 Å². The molecule has 36 heavy (non-hydrogen) atoms. The molecule has 0 unspecified atom stereocenters. The first-order valence-corrected chi connectivity index (χ1v) is 11.5. The highest BCUT2D eigenvalue weighted by molar-refractivity contribution is 6.43. The van der Waals surface area contributed by atoms with Gasteiger partial charge in [0.2, 0.25) is 5.91 Å². The van der Waals surface area contributed by atoms with Crippen LogP contribution in [0.25, 0.3) is 5.69 Å². The SMILES string of the molecule is CC(C)C[C@H](NC(=O)[C@H](CCCNC(=N)N[N+](=O)[O-])NC(=O)c1ccc(-n2cccc2)cc1)B(O)O. The molecule has 0 radical (unpaired) electrons. The van der Waals surface area contributed by atoms with E-state index in [2.05, 4.69) is 16.0 Å². The number of carbonyl (C=O) groups excluding carboxylic acids is 2. The molecule has 1 heterocycles. The van der Waals surface area contributed by atoms with E-state index in [1.165, 1.54) is 0 Å². The fourth-order valence-corrected chi connectivity index (χ4v) is 3.50. The number of nitrogens with one attached hydrogen (secondary N) is 5. The van der Waals surface area contributed by atoms with Crippen LogP contribution in [0, 0.1) is 21.4 Å². The third-order valence-electron chi connectivity index (χ3n) is 5.24. The molecule has 0 fully saturated rings. The first-order valence-electron chi connectivity index (χ1n) is 11.5. The molecule has 1 aromatic heterocycles. The maximum absolute atomic E-state index is 13.0. The zero-order valence-electron chi connectivity index (χ0n) is 20.2. The number of hydrogen-bond acceptors (Lipinski definition) is 7. The monoisotopic (exact) mass is 501 g/mol. The van der Waals surface area contributed by atoms with Gasteiger partial charge in [-0.3, -0.25) is 15.0 Å². The van der Waals surface area contributed by atoms with E-state index in [0.717, 1.165) is 5.69 Å². The molecule has 194 valence electrons. The van der Waals surface area contributed by atoms with Gasteiger partial charge in [-0.1, -0.05) is 19.3 Å². The average molecular weight is 501 g/mol. The standard InChI is InChI=1S/C22H32BN7O6/c1-15(2)14-19(23(33)34)27-21(32)18(6-5-11-25-22(24)28-30(35)36)26-20(31)16-7-9-17(10-8-16)29-12-3-4-13-29/h3-4,7-10,12-13,15,18-19,33-34H,5-6,11,14H2,1-2H3,(H,26,31)(H,27,32)(H3,24,25,28)/t18-,19-/m0/s1. The van der Waals surface area contributed by atoms with E-state index in [1.54, 1.807) is 29.7 Å². The van der Waals surface area contributed by atoms with Crippen LogP contribution >= 0.6 is 0 Å². The molecule has 1 aromatic carbocycles. The Hall–Kier alpha value is -3.91. The Morgan fingerprint density at radius 3 is 2.33 bits per heavy atom. The smallest absolute Gasteiger partial charge is 0.426 e. The van der Waals surface area contributed by atoms with Crippen LogP contribution < -0.4 is 21.4 Å². The molecule has 2 rings (SSSR count). The van der Waals surface area contributed by atoms with Gasteiger partial charge in [0.15, 0.2) is 5.03 Å². The second kappa shape index (κ2) is 13.8. The van der Waals surface area contributed by atoms with E-state index in [1.807, 2.05) is 42.9 Å². The third kappa shape index (κ3) is 9.39. The lowest BCUT2D eigenvalue weighted by atomic mass is 9.75. The lowest BCUT2D eigenvalue weighted by molar-refractivity contribution is -0.525. The van der Waals surface area contributed by atoms with Crippen LogP contribution in [0.2, 0.25) is 0 Å². The van der Waals surface area contributed by atoms with Crippen LogP contribution in [0.3, 0.4) is 0 Å². The molecule has 14 heteroatoms. The van der Waals surface area contributed by atoms with E-state index in [0.29, 0.717) is 12.0 Å². The number of hydrazine groups is 1. The van der Waals surface area contributed by atoms with Crippen molar-refractivity contribution >= 4 is 24.9 Å². The number of hydrogen-bond donors (Lipinski definition) is 7. The van der Waals surface area contributed by atoms with Crippen LogP contribution in [0.1, 0.15) is 43.5 Å². The quantitative estimate of drug-likeness (QED) is 0.0505. The van der Waals surface area contributed by atoms with Crippen LogP contribution in [0.4, 0.5) is 0 Å². The van der Waals surface area contributed by atoms with E-state index < -0.39 is 41.9 Å². The van der Waals surface area contributed by atoms with Gasteiger partial charge in [-0.05, 0) is 61.6 Å². The molecule has 0 spiro atoms. The summed E-state index contributed by atoms with van der Waals surface area (Å²) in [6.07, 6.45) is 4.47. The van der Waals surface area contributed by atoms with Crippen molar-refractivity contribution in [3.63, 3.8) is 0 Å². The molecule has 2 amide bonds. The average Bonchev–Trinajstić information content (AvgIpc) is 3.34. The fraction of sp³-hybridized carbons (Fsp3) is 0.409. The highest BCUT2D eigenvalue weighted by Gasteiger charge is 2.30. The molecule has 2 atom stereocenters. The minimum Gasteiger partial charge on any atom is -0.426 e. The van der Waals surface area contributed by atoms with Gasteiger partial charge in [0.25, 0.3) is 11.9 Å². The molecule has 0 aliphatic rings. The Labute approximate surface area is 209 Å². The van der Waals surface area contributed by atoms with Crippen LogP contribution in [-0.2, 0) is 4.79 Å². The maximum Gasteiger partial charge on any atom is 0.475 e. The number of aromatic nitrogens is 1. The van der Waals surface area contributed by atoms with Gasteiger partial charge < -0.3 is 30.6 Å². The summed E-state index contributed by atoms with van der Waals surface area (Å²) in [6, 6.07) is 9.53. The van der Waals surface area contributed by atoms with Gasteiger partial charge in [-0.2, -0.15) is 0 Å². The number of amides is 2. The lowest BCUT2D eigenvalue weighted by Gasteiger charge is -2.24. The van der Waals surface area contributed by atoms with Crippen LogP contribution in [0.15, 0.2) is 48.8 Å². The minimum absolute atomic E-state index is 0.0771. The summed E-state index contributed by atoms with van der Waals surface area (Å²) in [5.74, 6) is -2.44. The highest BCUT2D eigenvalue weighted by Crippen LogP contribution is 2.11. The van der Waals surface area contributed by atoms with Gasteiger partial charge in [0, 0.05) is 30.2 Å². The summed E-state index contributed by atoms with van der Waals surface area (Å²) >= 11 is 0. The summed E-state index contributed by atoms with van der Waals surface area (Å²) in [4.78, 5) is 36.2. The molecule has 0 saturated heterocycles. The Balaban J connectivity index is 2.07. The molecule has 7 N–H and O–H groups in total. The second-order valence-corrected chi connectivity index (χ2v) is 8.63. The van der Waals surface area contributed by atoms with Gasteiger partial charge >= 0.3 is 7.12 Å². The predicted octanol–water partition coefficient (Wildman–Crippen LogP) is 0.204. The topological polar surface area (TPSA) is 195 Å². The van der Waals surface area contributed by atoms with Crippen molar-refractivity contribution in [1.82, 2.24) is 25.9 Å². The zero-order chi connectivity index (χ0) is 26.7. The highest BCUT2D eigenvalue weighted by atomic mass is 16.7. The van der Waals surface area contributed by atoms with Gasteiger partial charge in [0.1, 0.15) is 6.04 Å². The normalized spacial score (nSPS) is 12.4. The van der Waals surface area contributed by atoms with Crippen LogP contribution in [0.5, 0.6) is 0 Å². The van der Waals surface area contributed by atoms with Gasteiger partial charge in [0.05, 0.1) is 5.94 Å². The van der Waals surface area contributed by atoms with Gasteiger partial charge in [-0.25, -0.2) is 10.1 Å². The summed E-state index contributed by atoms with van der Waals surface area (Å²) in [7, 11) is -1.77. The first-order chi connectivity index (χ1) is 17.1. The van der Waals surface area contributed by atoms with Crippen molar-refractivity contribution in [3.8, 4) is 5.69 Å². The molecule has 2 aromatic rings. The molecule has 13 nitrogen and oxygen atoms in total. The summed E-state index contributed by atoms with van der Waals surface area (Å²) in [5.41, 5.74) is 2.86. The largest absolute Gasteiger partial charge is 0.475 e. The lowest BCUT2D eigenvalue weighted by Crippen LogP contribution is -2.54. The number of nitrogens with zero attached hydrogens (tertiary/aromatic N) is 2. The van der Waals surface area contributed by atoms with Crippen molar-refractivity contribution in [2.75, 3.05) is 6.54 Å². The number of guanidine groups is 1. The number of rotatable bonds is 13. The fourth-order valence-electron chi connectivity index (χ4n) is 3.50. The Kier molecular flexibility index (Phi) is 10.9. The van der Waals surface area contributed by atoms with Crippen molar-refractivity contribution in [1.29, 1.82) is 5.41 Å². The number of benzene rings is 1. The van der Waals surface area contributed by atoms with Crippen molar-refractivity contribution in [2.45, 2.75) is 45.1 Å². The van der Waals surface area contributed by atoms with E-state index >= 15 is 0 Å². The molecular weight excluding hydrogens is 469 g/mol. The summed E-state index contributed by atoms with van der Waals surface area (Å²) in [5, 5.41) is 44.0. The number of carbonyl (C=O) groups is 2. The van der Waals surface area contributed by atoms with E-state index in [-0.39, 0.29) is 25.3 Å². The second-order valence-electron chi connectivity index (χ2n) is 8.63. The van der Waals surface area contributed by atoms with Gasteiger partial charge in [-0.15, -0.1) is 0 Å². The minimum atomic E-state index is -1.77. The first kappa shape index (κ1) is 28.3. The Morgan fingerprint density at radius 2 is 1.78 bits per heavy atom. The molecule has 0 bridgehead atoms. The molecular formula is C22H32BN7O6. The van der Waals surface area contributed by atoms with E-state index in [9.17, 15) is 29.8 Å². The van der Waals surface area contributed by atoms with Crippen LogP contribution in [-0.4, -0.2) is 63.1 Å².